The van der Waals surface area contributed by atoms with Gasteiger partial charge in [-0.3, -0.25) is 4.90 Å². The summed E-state index contributed by atoms with van der Waals surface area (Å²) in [6, 6.07) is 17.2. The van der Waals surface area contributed by atoms with Gasteiger partial charge in [-0.25, -0.2) is 9.97 Å². The van der Waals surface area contributed by atoms with Crippen LogP contribution in [-0.2, 0) is 6.54 Å². The van der Waals surface area contributed by atoms with Crippen molar-refractivity contribution in [3.8, 4) is 11.3 Å². The first-order chi connectivity index (χ1) is 15.7. The van der Waals surface area contributed by atoms with E-state index in [1.54, 1.807) is 6.20 Å². The summed E-state index contributed by atoms with van der Waals surface area (Å²) in [5, 5.41) is 8.36. The number of H-pyrrole nitrogens is 1. The number of hydrogen-bond acceptors (Lipinski definition) is 5. The molecule has 7 heteroatoms. The average molecular weight is 447 g/mol. The van der Waals surface area contributed by atoms with Crippen molar-refractivity contribution in [2.24, 2.45) is 0 Å². The zero-order valence-electron chi connectivity index (χ0n) is 18.1. The minimum absolute atomic E-state index is 0.356. The van der Waals surface area contributed by atoms with Gasteiger partial charge in [0.15, 0.2) is 0 Å². The molecule has 1 aliphatic heterocycles. The zero-order valence-corrected chi connectivity index (χ0v) is 18.9. The predicted octanol–water partition coefficient (Wildman–Crippen LogP) is 5.40. The van der Waals surface area contributed by atoms with Crippen molar-refractivity contribution in [1.29, 1.82) is 0 Å². The molecule has 4 aromatic rings. The van der Waals surface area contributed by atoms with E-state index in [0.29, 0.717) is 17.0 Å². The summed E-state index contributed by atoms with van der Waals surface area (Å²) in [5.74, 6) is 0.635. The maximum absolute atomic E-state index is 6.47. The van der Waals surface area contributed by atoms with Crippen LogP contribution in [0.2, 0.25) is 5.02 Å². The molecule has 0 aliphatic carbocycles. The number of hydrogen-bond donors (Lipinski definition) is 3. The van der Waals surface area contributed by atoms with Gasteiger partial charge >= 0.3 is 0 Å². The van der Waals surface area contributed by atoms with E-state index in [1.807, 2.05) is 25.4 Å². The molecule has 0 saturated carbocycles. The van der Waals surface area contributed by atoms with Crippen LogP contribution in [0.5, 0.6) is 0 Å². The zero-order chi connectivity index (χ0) is 21.9. The molecule has 0 unspecified atom stereocenters. The molecule has 1 saturated heterocycles. The molecule has 2 aromatic heterocycles. The van der Waals surface area contributed by atoms with E-state index in [0.717, 1.165) is 60.3 Å². The molecule has 164 valence electrons. The van der Waals surface area contributed by atoms with Gasteiger partial charge in [0, 0.05) is 61.1 Å². The van der Waals surface area contributed by atoms with Crippen molar-refractivity contribution in [2.45, 2.75) is 25.4 Å². The van der Waals surface area contributed by atoms with Gasteiger partial charge in [0.05, 0.1) is 16.9 Å². The molecule has 0 bridgehead atoms. The van der Waals surface area contributed by atoms with Crippen LogP contribution >= 0.6 is 11.6 Å². The second-order valence-electron chi connectivity index (χ2n) is 8.28. The third-order valence-corrected chi connectivity index (χ3v) is 6.43. The first-order valence-electron chi connectivity index (χ1n) is 11.0. The number of halogens is 1. The summed E-state index contributed by atoms with van der Waals surface area (Å²) >= 11 is 6.47. The summed E-state index contributed by atoms with van der Waals surface area (Å²) in [6.45, 7) is 3.08. The van der Waals surface area contributed by atoms with E-state index >= 15 is 0 Å². The Balaban J connectivity index is 1.23. The van der Waals surface area contributed by atoms with Crippen LogP contribution < -0.4 is 10.6 Å². The van der Waals surface area contributed by atoms with Crippen molar-refractivity contribution in [3.63, 3.8) is 0 Å². The van der Waals surface area contributed by atoms with Crippen LogP contribution in [0.4, 0.5) is 11.6 Å². The molecule has 32 heavy (non-hydrogen) atoms. The lowest BCUT2D eigenvalue weighted by Gasteiger charge is -2.32. The molecular formula is C25H27ClN6. The Morgan fingerprint density at radius 1 is 1.09 bits per heavy atom. The lowest BCUT2D eigenvalue weighted by atomic mass is 10.0. The van der Waals surface area contributed by atoms with Crippen molar-refractivity contribution >= 4 is 34.1 Å². The largest absolute Gasteiger partial charge is 0.388 e. The first kappa shape index (κ1) is 20.8. The first-order valence-corrected chi connectivity index (χ1v) is 11.4. The average Bonchev–Trinajstić information content (AvgIpc) is 3.26. The van der Waals surface area contributed by atoms with E-state index in [9.17, 15) is 0 Å². The molecule has 3 N–H and O–H groups in total. The number of nitrogens with zero attached hydrogens (tertiary/aromatic N) is 3. The molecule has 6 nitrogen and oxygen atoms in total. The molecule has 1 aliphatic rings. The van der Waals surface area contributed by atoms with Gasteiger partial charge in [-0.15, -0.1) is 0 Å². The quantitative estimate of drug-likeness (QED) is 0.370. The molecule has 0 radical (unpaired) electrons. The summed E-state index contributed by atoms with van der Waals surface area (Å²) in [7, 11) is 1.95. The monoisotopic (exact) mass is 446 g/mol. The minimum Gasteiger partial charge on any atom is -0.388 e. The van der Waals surface area contributed by atoms with Crippen molar-refractivity contribution in [1.82, 2.24) is 19.9 Å². The smallest absolute Gasteiger partial charge is 0.223 e. The lowest BCUT2D eigenvalue weighted by molar-refractivity contribution is 0.211. The number of fused-ring (bicyclic) bond motifs is 1. The molecule has 5 rings (SSSR count). The Labute approximate surface area is 193 Å². The summed E-state index contributed by atoms with van der Waals surface area (Å²) in [4.78, 5) is 15.0. The molecule has 0 atom stereocenters. The standard InChI is InChI=1S/C25H27ClN6/c1-27-18-8-6-17(7-9-18)16-32-12-10-19(11-13-32)30-25-29-15-22(26)24(31-25)21-14-28-23-5-3-2-4-20(21)23/h2-9,14-15,19,27-28H,10-13,16H2,1H3,(H,29,30,31). The fraction of sp³-hybridized carbons (Fsp3) is 0.280. The molecule has 0 amide bonds. The molecular weight excluding hydrogens is 420 g/mol. The lowest BCUT2D eigenvalue weighted by Crippen LogP contribution is -2.39. The predicted molar refractivity (Wildman–Crippen MR) is 132 cm³/mol. The van der Waals surface area contributed by atoms with Gasteiger partial charge in [0.25, 0.3) is 0 Å². The van der Waals surface area contributed by atoms with E-state index in [2.05, 4.69) is 61.9 Å². The van der Waals surface area contributed by atoms with Gasteiger partial charge < -0.3 is 15.6 Å². The molecule has 3 heterocycles. The fourth-order valence-corrected chi connectivity index (χ4v) is 4.54. The van der Waals surface area contributed by atoms with Crippen LogP contribution in [0, 0.1) is 0 Å². The van der Waals surface area contributed by atoms with E-state index in [1.165, 1.54) is 5.56 Å². The number of anilines is 2. The van der Waals surface area contributed by atoms with Gasteiger partial charge in [-0.2, -0.15) is 0 Å². The van der Waals surface area contributed by atoms with E-state index in [4.69, 9.17) is 16.6 Å². The second-order valence-corrected chi connectivity index (χ2v) is 8.69. The topological polar surface area (TPSA) is 68.9 Å². The fourth-order valence-electron chi connectivity index (χ4n) is 4.35. The third-order valence-electron chi connectivity index (χ3n) is 6.16. The number of aromatic amines is 1. The van der Waals surface area contributed by atoms with Crippen LogP contribution in [0.3, 0.4) is 0 Å². The number of likely N-dealkylation sites (tertiary alicyclic amines) is 1. The third kappa shape index (κ3) is 4.42. The summed E-state index contributed by atoms with van der Waals surface area (Å²) < 4.78 is 0. The minimum atomic E-state index is 0.356. The Morgan fingerprint density at radius 2 is 1.88 bits per heavy atom. The summed E-state index contributed by atoms with van der Waals surface area (Å²) in [6.07, 6.45) is 5.77. The highest BCUT2D eigenvalue weighted by Crippen LogP contribution is 2.32. The highest BCUT2D eigenvalue weighted by Gasteiger charge is 2.21. The van der Waals surface area contributed by atoms with Gasteiger partial charge in [-0.1, -0.05) is 41.9 Å². The van der Waals surface area contributed by atoms with E-state index < -0.39 is 0 Å². The molecule has 0 spiro atoms. The normalized spacial score (nSPS) is 15.2. The van der Waals surface area contributed by atoms with Crippen molar-refractivity contribution < 1.29 is 0 Å². The highest BCUT2D eigenvalue weighted by molar-refractivity contribution is 6.33. The van der Waals surface area contributed by atoms with Gasteiger partial charge in [0.1, 0.15) is 0 Å². The number of aromatic nitrogens is 3. The maximum atomic E-state index is 6.47. The van der Waals surface area contributed by atoms with Crippen LogP contribution in [-0.4, -0.2) is 46.0 Å². The van der Waals surface area contributed by atoms with Crippen LogP contribution in [0.1, 0.15) is 18.4 Å². The second kappa shape index (κ2) is 9.18. The highest BCUT2D eigenvalue weighted by atomic mass is 35.5. The van der Waals surface area contributed by atoms with Crippen LogP contribution in [0.15, 0.2) is 60.9 Å². The Hall–Kier alpha value is -3.09. The van der Waals surface area contributed by atoms with Crippen LogP contribution in [0.25, 0.3) is 22.2 Å². The van der Waals surface area contributed by atoms with Crippen molar-refractivity contribution in [2.75, 3.05) is 30.8 Å². The Morgan fingerprint density at radius 3 is 2.66 bits per heavy atom. The van der Waals surface area contributed by atoms with Gasteiger partial charge in [0.2, 0.25) is 5.95 Å². The number of para-hydroxylation sites is 1. The summed E-state index contributed by atoms with van der Waals surface area (Å²) in [5.41, 5.74) is 5.31. The number of piperidine rings is 1. The SMILES string of the molecule is CNc1ccc(CN2CCC(Nc3ncc(Cl)c(-c4c[nH]c5ccccc45)n3)CC2)cc1. The number of nitrogens with one attached hydrogen (secondary N) is 3. The Kier molecular flexibility index (Phi) is 5.97. The van der Waals surface area contributed by atoms with E-state index in [-0.39, 0.29) is 0 Å². The maximum Gasteiger partial charge on any atom is 0.223 e. The number of rotatable bonds is 6. The molecule has 2 aromatic carbocycles. The number of benzene rings is 2. The van der Waals surface area contributed by atoms with Crippen molar-refractivity contribution in [3.05, 3.63) is 71.5 Å². The van der Waals surface area contributed by atoms with Gasteiger partial charge in [-0.05, 0) is 36.6 Å². The Bertz CT molecular complexity index is 1190. The molecule has 1 fully saturated rings.